The van der Waals surface area contributed by atoms with Gasteiger partial charge in [-0.2, -0.15) is 13.2 Å². The van der Waals surface area contributed by atoms with E-state index in [9.17, 15) is 22.8 Å². The van der Waals surface area contributed by atoms with Crippen molar-refractivity contribution < 1.29 is 22.8 Å². The molecule has 0 unspecified atom stereocenters. The molecule has 0 fully saturated rings. The number of halogens is 3. The molecule has 132 valence electrons. The van der Waals surface area contributed by atoms with E-state index in [-0.39, 0.29) is 12.5 Å². The van der Waals surface area contributed by atoms with Gasteiger partial charge in [-0.25, -0.2) is 4.79 Å². The number of hydrogen-bond donors (Lipinski definition) is 3. The number of carbonyl (C=O) groups is 2. The van der Waals surface area contributed by atoms with Crippen molar-refractivity contribution in [1.82, 2.24) is 5.32 Å². The van der Waals surface area contributed by atoms with E-state index in [0.29, 0.717) is 23.2 Å². The van der Waals surface area contributed by atoms with Gasteiger partial charge in [0.1, 0.15) is 0 Å². The maximum absolute atomic E-state index is 12.5. The average Bonchev–Trinajstić information content (AvgIpc) is 2.54. The number of alkyl halides is 3. The Labute approximate surface area is 142 Å². The normalized spacial score (nSPS) is 11.0. The highest BCUT2D eigenvalue weighted by Gasteiger charge is 2.29. The lowest BCUT2D eigenvalue weighted by Crippen LogP contribution is -2.26. The molecule has 4 N–H and O–H groups in total. The first-order chi connectivity index (χ1) is 11.8. The Kier molecular flexibility index (Phi) is 5.63. The van der Waals surface area contributed by atoms with Crippen LogP contribution in [0.1, 0.15) is 21.5 Å². The van der Waals surface area contributed by atoms with Gasteiger partial charge in [-0.05, 0) is 42.3 Å². The summed E-state index contributed by atoms with van der Waals surface area (Å²) in [5.41, 5.74) is 5.70. The molecule has 8 heteroatoms. The Balaban J connectivity index is 1.89. The largest absolute Gasteiger partial charge is 0.416 e. The number of rotatable bonds is 5. The fraction of sp³-hybridized carbons (Fsp3) is 0.176. The van der Waals surface area contributed by atoms with Crippen LogP contribution in [0.3, 0.4) is 0 Å². The van der Waals surface area contributed by atoms with Crippen LogP contribution in [-0.4, -0.2) is 18.5 Å². The lowest BCUT2D eigenvalue weighted by molar-refractivity contribution is -0.137. The zero-order valence-electron chi connectivity index (χ0n) is 13.1. The summed E-state index contributed by atoms with van der Waals surface area (Å²) in [6.07, 6.45) is -3.97. The Morgan fingerprint density at radius 1 is 1.04 bits per heavy atom. The molecule has 5 nitrogen and oxygen atoms in total. The van der Waals surface area contributed by atoms with Gasteiger partial charge in [-0.15, -0.1) is 0 Å². The maximum Gasteiger partial charge on any atom is 0.416 e. The van der Waals surface area contributed by atoms with Crippen molar-refractivity contribution in [2.75, 3.05) is 11.9 Å². The third-order valence-electron chi connectivity index (χ3n) is 3.37. The van der Waals surface area contributed by atoms with E-state index in [1.807, 2.05) is 0 Å². The molecule has 2 rings (SSSR count). The van der Waals surface area contributed by atoms with Crippen molar-refractivity contribution in [3.8, 4) is 0 Å². The van der Waals surface area contributed by atoms with Crippen molar-refractivity contribution in [2.45, 2.75) is 12.6 Å². The molecule has 2 aromatic carbocycles. The number of carbonyl (C=O) groups excluding carboxylic acids is 2. The summed E-state index contributed by atoms with van der Waals surface area (Å²) in [7, 11) is 0. The molecule has 2 aromatic rings. The molecular weight excluding hydrogens is 335 g/mol. The molecule has 0 aliphatic rings. The van der Waals surface area contributed by atoms with Gasteiger partial charge in [0.15, 0.2) is 0 Å². The van der Waals surface area contributed by atoms with Crippen LogP contribution in [0.25, 0.3) is 0 Å². The first-order valence-corrected chi connectivity index (χ1v) is 7.36. The summed E-state index contributed by atoms with van der Waals surface area (Å²) in [6, 6.07) is 10.3. The van der Waals surface area contributed by atoms with Gasteiger partial charge in [0, 0.05) is 17.8 Å². The Morgan fingerprint density at radius 3 is 2.32 bits per heavy atom. The van der Waals surface area contributed by atoms with E-state index in [0.717, 1.165) is 12.1 Å². The predicted molar refractivity (Wildman–Crippen MR) is 87.1 cm³/mol. The number of hydrogen-bond acceptors (Lipinski definition) is 2. The van der Waals surface area contributed by atoms with E-state index in [2.05, 4.69) is 10.6 Å². The zero-order chi connectivity index (χ0) is 18.4. The van der Waals surface area contributed by atoms with Crippen LogP contribution < -0.4 is 16.4 Å². The lowest BCUT2D eigenvalue weighted by Gasteiger charge is -2.09. The highest BCUT2D eigenvalue weighted by molar-refractivity contribution is 5.96. The molecule has 0 radical (unpaired) electrons. The van der Waals surface area contributed by atoms with Crippen molar-refractivity contribution in [1.29, 1.82) is 0 Å². The minimum atomic E-state index is -4.36. The first kappa shape index (κ1) is 18.3. The summed E-state index contributed by atoms with van der Waals surface area (Å²) in [5.74, 6) is -0.361. The molecule has 0 aromatic heterocycles. The number of primary amides is 1. The highest BCUT2D eigenvalue weighted by Crippen LogP contribution is 2.29. The second-order valence-electron chi connectivity index (χ2n) is 5.27. The summed E-state index contributed by atoms with van der Waals surface area (Å²) < 4.78 is 37.5. The van der Waals surface area contributed by atoms with Gasteiger partial charge in [-0.1, -0.05) is 18.2 Å². The molecule has 3 amide bonds. The highest BCUT2D eigenvalue weighted by atomic mass is 19.4. The number of urea groups is 1. The van der Waals surface area contributed by atoms with Crippen LogP contribution in [0.4, 0.5) is 23.7 Å². The van der Waals surface area contributed by atoms with Crippen LogP contribution in [0.2, 0.25) is 0 Å². The number of nitrogens with two attached hydrogens (primary N) is 1. The Hall–Kier alpha value is -3.03. The fourth-order valence-corrected chi connectivity index (χ4v) is 2.16. The van der Waals surface area contributed by atoms with Gasteiger partial charge < -0.3 is 16.4 Å². The molecule has 25 heavy (non-hydrogen) atoms. The minimum Gasteiger partial charge on any atom is -0.352 e. The van der Waals surface area contributed by atoms with Crippen molar-refractivity contribution in [3.63, 3.8) is 0 Å². The topological polar surface area (TPSA) is 84.2 Å². The zero-order valence-corrected chi connectivity index (χ0v) is 13.1. The molecule has 0 aliphatic carbocycles. The molecule has 0 saturated heterocycles. The van der Waals surface area contributed by atoms with Crippen LogP contribution >= 0.6 is 0 Å². The summed E-state index contributed by atoms with van der Waals surface area (Å²) in [6.45, 7) is 0.262. The molecule has 0 saturated carbocycles. The molecule has 0 heterocycles. The Bertz CT molecular complexity index is 758. The average molecular weight is 351 g/mol. The van der Waals surface area contributed by atoms with E-state index in [1.165, 1.54) is 18.2 Å². The molecule has 0 spiro atoms. The van der Waals surface area contributed by atoms with E-state index < -0.39 is 17.8 Å². The van der Waals surface area contributed by atoms with Gasteiger partial charge in [0.05, 0.1) is 5.56 Å². The number of nitrogens with one attached hydrogen (secondary N) is 2. The molecule has 0 bridgehead atoms. The summed E-state index contributed by atoms with van der Waals surface area (Å²) >= 11 is 0. The van der Waals surface area contributed by atoms with Crippen LogP contribution in [0.15, 0.2) is 48.5 Å². The number of amides is 3. The second kappa shape index (κ2) is 7.69. The molecule has 0 atom stereocenters. The van der Waals surface area contributed by atoms with Crippen molar-refractivity contribution in [2.24, 2.45) is 5.73 Å². The SMILES string of the molecule is NC(=O)Nc1cccc(C(=O)NCCc2ccc(C(F)(F)F)cc2)c1. The quantitative estimate of drug-likeness (QED) is 0.773. The van der Waals surface area contributed by atoms with Gasteiger partial charge in [-0.3, -0.25) is 4.79 Å². The fourth-order valence-electron chi connectivity index (χ4n) is 2.16. The van der Waals surface area contributed by atoms with Crippen molar-refractivity contribution in [3.05, 3.63) is 65.2 Å². The maximum atomic E-state index is 12.5. The Morgan fingerprint density at radius 2 is 1.72 bits per heavy atom. The van der Waals surface area contributed by atoms with Crippen molar-refractivity contribution >= 4 is 17.6 Å². The number of anilines is 1. The molecular formula is C17H16F3N3O2. The van der Waals surface area contributed by atoms with E-state index in [1.54, 1.807) is 18.2 Å². The van der Waals surface area contributed by atoms with E-state index >= 15 is 0 Å². The van der Waals surface area contributed by atoms with Crippen LogP contribution in [0.5, 0.6) is 0 Å². The van der Waals surface area contributed by atoms with Gasteiger partial charge in [0.2, 0.25) is 0 Å². The summed E-state index contributed by atoms with van der Waals surface area (Å²) in [5, 5.41) is 5.03. The smallest absolute Gasteiger partial charge is 0.352 e. The van der Waals surface area contributed by atoms with Crippen LogP contribution in [0, 0.1) is 0 Å². The summed E-state index contributed by atoms with van der Waals surface area (Å²) in [4.78, 5) is 22.9. The monoisotopic (exact) mass is 351 g/mol. The standard InChI is InChI=1S/C17H16F3N3O2/c18-17(19,20)13-6-4-11(5-7-13)8-9-22-15(24)12-2-1-3-14(10-12)23-16(21)25/h1-7,10H,8-9H2,(H,22,24)(H3,21,23,25). The van der Waals surface area contributed by atoms with Crippen LogP contribution in [-0.2, 0) is 12.6 Å². The minimum absolute atomic E-state index is 0.262. The van der Waals surface area contributed by atoms with Gasteiger partial charge >= 0.3 is 12.2 Å². The van der Waals surface area contributed by atoms with Gasteiger partial charge in [0.25, 0.3) is 5.91 Å². The lowest BCUT2D eigenvalue weighted by atomic mass is 10.1. The molecule has 0 aliphatic heterocycles. The third kappa shape index (κ3) is 5.52. The first-order valence-electron chi connectivity index (χ1n) is 7.36. The second-order valence-corrected chi connectivity index (χ2v) is 5.27. The predicted octanol–water partition coefficient (Wildman–Crippen LogP) is 3.17. The van der Waals surface area contributed by atoms with E-state index in [4.69, 9.17) is 5.73 Å². The number of benzene rings is 2. The third-order valence-corrected chi connectivity index (χ3v) is 3.37.